The number of aromatic nitrogens is 2. The molecule has 0 aliphatic heterocycles. The van der Waals surface area contributed by atoms with Crippen LogP contribution in [0.2, 0.25) is 0 Å². The van der Waals surface area contributed by atoms with Gasteiger partial charge in [-0.25, -0.2) is 9.97 Å². The standard InChI is InChI=1S/C18H15F3N4O/c1-11-2-5-14(8-16(11)22)25-17-23-9-13(10-24-17)12-3-6-15(7-4-12)26-18(19,20)21/h2-10H,22H2,1H3,(H,23,24,25). The third-order valence-corrected chi connectivity index (χ3v) is 3.61. The molecule has 0 bridgehead atoms. The molecule has 0 saturated carbocycles. The molecule has 0 saturated heterocycles. The van der Waals surface area contributed by atoms with Gasteiger partial charge < -0.3 is 15.8 Å². The number of nitrogens with one attached hydrogen (secondary N) is 1. The number of benzene rings is 2. The monoisotopic (exact) mass is 360 g/mol. The van der Waals surface area contributed by atoms with Crippen molar-refractivity contribution in [3.63, 3.8) is 0 Å². The quantitative estimate of drug-likeness (QED) is 0.661. The van der Waals surface area contributed by atoms with E-state index < -0.39 is 6.36 Å². The van der Waals surface area contributed by atoms with Crippen LogP contribution in [0, 0.1) is 6.92 Å². The van der Waals surface area contributed by atoms with Gasteiger partial charge in [-0.3, -0.25) is 0 Å². The van der Waals surface area contributed by atoms with Gasteiger partial charge >= 0.3 is 6.36 Å². The molecule has 0 atom stereocenters. The van der Waals surface area contributed by atoms with Crippen LogP contribution in [0.1, 0.15) is 5.56 Å². The molecule has 0 radical (unpaired) electrons. The Bertz CT molecular complexity index is 894. The van der Waals surface area contributed by atoms with E-state index in [2.05, 4.69) is 20.0 Å². The Balaban J connectivity index is 1.71. The highest BCUT2D eigenvalue weighted by atomic mass is 19.4. The average Bonchev–Trinajstić information content (AvgIpc) is 2.58. The highest BCUT2D eigenvalue weighted by Gasteiger charge is 2.30. The van der Waals surface area contributed by atoms with E-state index >= 15 is 0 Å². The van der Waals surface area contributed by atoms with Gasteiger partial charge in [0.1, 0.15) is 5.75 Å². The number of rotatable bonds is 4. The van der Waals surface area contributed by atoms with Gasteiger partial charge in [0.2, 0.25) is 5.95 Å². The molecular weight excluding hydrogens is 345 g/mol. The van der Waals surface area contributed by atoms with E-state index in [0.717, 1.165) is 11.3 Å². The molecule has 0 aliphatic carbocycles. The third-order valence-electron chi connectivity index (χ3n) is 3.61. The molecule has 134 valence electrons. The summed E-state index contributed by atoms with van der Waals surface area (Å²) in [7, 11) is 0. The largest absolute Gasteiger partial charge is 0.573 e. The number of hydrogen-bond acceptors (Lipinski definition) is 5. The number of nitrogens with two attached hydrogens (primary N) is 1. The maximum absolute atomic E-state index is 12.2. The molecule has 0 unspecified atom stereocenters. The summed E-state index contributed by atoms with van der Waals surface area (Å²) in [6.07, 6.45) is -1.56. The van der Waals surface area contributed by atoms with Crippen molar-refractivity contribution in [3.05, 3.63) is 60.4 Å². The van der Waals surface area contributed by atoms with Crippen LogP contribution in [0.4, 0.5) is 30.5 Å². The lowest BCUT2D eigenvalue weighted by atomic mass is 10.1. The van der Waals surface area contributed by atoms with Crippen LogP contribution in [0.15, 0.2) is 54.9 Å². The lowest BCUT2D eigenvalue weighted by Gasteiger charge is -2.10. The predicted octanol–water partition coefficient (Wildman–Crippen LogP) is 4.68. The Kier molecular flexibility index (Phi) is 4.66. The second-order valence-electron chi connectivity index (χ2n) is 5.56. The third kappa shape index (κ3) is 4.41. The normalized spacial score (nSPS) is 11.2. The number of aryl methyl sites for hydroxylation is 1. The van der Waals surface area contributed by atoms with Crippen molar-refractivity contribution in [2.75, 3.05) is 11.1 Å². The maximum Gasteiger partial charge on any atom is 0.573 e. The summed E-state index contributed by atoms with van der Waals surface area (Å²) in [6.45, 7) is 1.91. The number of hydrogen-bond donors (Lipinski definition) is 2. The van der Waals surface area contributed by atoms with Gasteiger partial charge in [0.05, 0.1) is 0 Å². The first-order valence-corrected chi connectivity index (χ1v) is 7.61. The average molecular weight is 360 g/mol. The summed E-state index contributed by atoms with van der Waals surface area (Å²) in [6, 6.07) is 11.0. The minimum absolute atomic E-state index is 0.280. The molecule has 0 spiro atoms. The van der Waals surface area contributed by atoms with Crippen LogP contribution in [0.5, 0.6) is 5.75 Å². The van der Waals surface area contributed by atoms with E-state index in [0.29, 0.717) is 22.8 Å². The zero-order valence-electron chi connectivity index (χ0n) is 13.7. The van der Waals surface area contributed by atoms with E-state index in [-0.39, 0.29) is 5.75 Å². The topological polar surface area (TPSA) is 73.1 Å². The predicted molar refractivity (Wildman–Crippen MR) is 93.0 cm³/mol. The Morgan fingerprint density at radius 2 is 1.62 bits per heavy atom. The van der Waals surface area contributed by atoms with Gasteiger partial charge in [0.15, 0.2) is 0 Å². The molecule has 5 nitrogen and oxygen atoms in total. The fourth-order valence-electron chi connectivity index (χ4n) is 2.24. The SMILES string of the molecule is Cc1ccc(Nc2ncc(-c3ccc(OC(F)(F)F)cc3)cn2)cc1N. The molecule has 26 heavy (non-hydrogen) atoms. The van der Waals surface area contributed by atoms with Crippen LogP contribution < -0.4 is 15.8 Å². The number of ether oxygens (including phenoxy) is 1. The van der Waals surface area contributed by atoms with Crippen LogP contribution in [0.3, 0.4) is 0 Å². The number of alkyl halides is 3. The molecule has 8 heteroatoms. The second-order valence-corrected chi connectivity index (χ2v) is 5.56. The molecule has 0 amide bonds. The minimum Gasteiger partial charge on any atom is -0.406 e. The zero-order valence-corrected chi connectivity index (χ0v) is 13.7. The Morgan fingerprint density at radius 1 is 0.962 bits per heavy atom. The van der Waals surface area contributed by atoms with Gasteiger partial charge in [-0.05, 0) is 42.3 Å². The first-order valence-electron chi connectivity index (χ1n) is 7.61. The molecular formula is C18H15F3N4O. The van der Waals surface area contributed by atoms with Crippen LogP contribution in [-0.4, -0.2) is 16.3 Å². The van der Waals surface area contributed by atoms with E-state index in [1.165, 1.54) is 24.3 Å². The number of nitrogen functional groups attached to an aromatic ring is 1. The number of halogens is 3. The fourth-order valence-corrected chi connectivity index (χ4v) is 2.24. The van der Waals surface area contributed by atoms with E-state index in [1.807, 2.05) is 19.1 Å². The van der Waals surface area contributed by atoms with Crippen molar-refractivity contribution in [1.29, 1.82) is 0 Å². The molecule has 1 heterocycles. The summed E-state index contributed by atoms with van der Waals surface area (Å²) in [4.78, 5) is 8.42. The summed E-state index contributed by atoms with van der Waals surface area (Å²) >= 11 is 0. The van der Waals surface area contributed by atoms with Gasteiger partial charge in [-0.2, -0.15) is 0 Å². The summed E-state index contributed by atoms with van der Waals surface area (Å²) in [5, 5.41) is 3.04. The Labute approximate surface area is 147 Å². The Morgan fingerprint density at radius 3 is 2.19 bits per heavy atom. The number of anilines is 3. The summed E-state index contributed by atoms with van der Waals surface area (Å²) in [5.41, 5.74) is 9.60. The number of nitrogens with zero attached hydrogens (tertiary/aromatic N) is 2. The van der Waals surface area contributed by atoms with Crippen LogP contribution in [0.25, 0.3) is 11.1 Å². The van der Waals surface area contributed by atoms with E-state index in [1.54, 1.807) is 18.5 Å². The maximum atomic E-state index is 12.2. The van der Waals surface area contributed by atoms with Crippen molar-refractivity contribution in [1.82, 2.24) is 9.97 Å². The summed E-state index contributed by atoms with van der Waals surface area (Å²) in [5.74, 6) is 0.103. The zero-order chi connectivity index (χ0) is 18.7. The second kappa shape index (κ2) is 6.91. The molecule has 2 aromatic carbocycles. The van der Waals surface area contributed by atoms with E-state index in [4.69, 9.17) is 5.73 Å². The van der Waals surface area contributed by atoms with Crippen molar-refractivity contribution in [2.45, 2.75) is 13.3 Å². The van der Waals surface area contributed by atoms with Crippen molar-refractivity contribution in [3.8, 4) is 16.9 Å². The first kappa shape index (κ1) is 17.5. The van der Waals surface area contributed by atoms with Gasteiger partial charge in [-0.15, -0.1) is 13.2 Å². The lowest BCUT2D eigenvalue weighted by molar-refractivity contribution is -0.274. The smallest absolute Gasteiger partial charge is 0.406 e. The van der Waals surface area contributed by atoms with Crippen LogP contribution >= 0.6 is 0 Å². The fraction of sp³-hybridized carbons (Fsp3) is 0.111. The van der Waals surface area contributed by atoms with Gasteiger partial charge in [0, 0.05) is 29.3 Å². The van der Waals surface area contributed by atoms with Crippen molar-refractivity contribution in [2.24, 2.45) is 0 Å². The highest BCUT2D eigenvalue weighted by Crippen LogP contribution is 2.26. The highest BCUT2D eigenvalue weighted by molar-refractivity contribution is 5.65. The molecule has 3 N–H and O–H groups in total. The van der Waals surface area contributed by atoms with Crippen LogP contribution in [-0.2, 0) is 0 Å². The molecule has 1 aromatic heterocycles. The minimum atomic E-state index is -4.71. The molecule has 0 aliphatic rings. The Hall–Kier alpha value is -3.29. The first-order chi connectivity index (χ1) is 12.3. The van der Waals surface area contributed by atoms with E-state index in [9.17, 15) is 13.2 Å². The van der Waals surface area contributed by atoms with Crippen molar-refractivity contribution >= 4 is 17.3 Å². The van der Waals surface area contributed by atoms with Gasteiger partial charge in [-0.1, -0.05) is 18.2 Å². The van der Waals surface area contributed by atoms with Crippen molar-refractivity contribution < 1.29 is 17.9 Å². The lowest BCUT2D eigenvalue weighted by Crippen LogP contribution is -2.16. The summed E-state index contributed by atoms with van der Waals surface area (Å²) < 4.78 is 40.4. The molecule has 3 aromatic rings. The molecule has 3 rings (SSSR count). The van der Waals surface area contributed by atoms with Gasteiger partial charge in [0.25, 0.3) is 0 Å². The molecule has 0 fully saturated rings.